The highest BCUT2D eigenvalue weighted by Gasteiger charge is 2.00. The summed E-state index contributed by atoms with van der Waals surface area (Å²) >= 11 is 1.53. The third kappa shape index (κ3) is 5.71. The molecule has 116 valence electrons. The highest BCUT2D eigenvalue weighted by atomic mass is 32.1. The number of amides is 1. The highest BCUT2D eigenvalue weighted by Crippen LogP contribution is 2.15. The lowest BCUT2D eigenvalue weighted by molar-refractivity contribution is 0.140. The second-order valence-corrected chi connectivity index (χ2v) is 5.68. The molecule has 1 aromatic heterocycles. The molecule has 0 atom stereocenters. The van der Waals surface area contributed by atoms with Crippen LogP contribution >= 0.6 is 11.3 Å². The summed E-state index contributed by atoms with van der Waals surface area (Å²) in [5.74, 6) is 0. The molecule has 0 bridgehead atoms. The zero-order valence-corrected chi connectivity index (χ0v) is 13.0. The van der Waals surface area contributed by atoms with Gasteiger partial charge in [0.25, 0.3) is 0 Å². The normalized spacial score (nSPS) is 10.8. The Balaban J connectivity index is 1.60. The summed E-state index contributed by atoms with van der Waals surface area (Å²) in [4.78, 5) is 12.5. The molecule has 0 saturated carbocycles. The Morgan fingerprint density at radius 3 is 2.86 bits per heavy atom. The minimum absolute atomic E-state index is 0.0767. The number of aliphatic hydroxyl groups is 1. The van der Waals surface area contributed by atoms with Crippen molar-refractivity contribution in [2.45, 2.75) is 19.6 Å². The van der Waals surface area contributed by atoms with Gasteiger partial charge >= 0.3 is 6.09 Å². The number of aliphatic hydroxyl groups excluding tert-OH is 1. The fourth-order valence-corrected chi connectivity index (χ4v) is 2.53. The summed E-state index contributed by atoms with van der Waals surface area (Å²) in [6, 6.07) is 11.5. The molecule has 1 heterocycles. The fourth-order valence-electron chi connectivity index (χ4n) is 1.82. The summed E-state index contributed by atoms with van der Waals surface area (Å²) in [5, 5.41) is 13.7. The number of rotatable bonds is 7. The van der Waals surface area contributed by atoms with E-state index in [1.54, 1.807) is 0 Å². The van der Waals surface area contributed by atoms with Crippen LogP contribution in [-0.4, -0.2) is 17.7 Å². The van der Waals surface area contributed by atoms with Gasteiger partial charge in [0.2, 0.25) is 0 Å². The van der Waals surface area contributed by atoms with Crippen molar-refractivity contribution in [2.24, 2.45) is 0 Å². The van der Waals surface area contributed by atoms with Crippen LogP contribution in [0.3, 0.4) is 0 Å². The van der Waals surface area contributed by atoms with Crippen molar-refractivity contribution in [3.8, 4) is 0 Å². The maximum absolute atomic E-state index is 11.5. The molecule has 5 heteroatoms. The lowest BCUT2D eigenvalue weighted by atomic mass is 10.2. The van der Waals surface area contributed by atoms with Crippen LogP contribution in [-0.2, 0) is 18.0 Å². The Labute approximate surface area is 134 Å². The van der Waals surface area contributed by atoms with Gasteiger partial charge in [0.1, 0.15) is 6.61 Å². The van der Waals surface area contributed by atoms with Gasteiger partial charge in [-0.3, -0.25) is 0 Å². The van der Waals surface area contributed by atoms with E-state index in [2.05, 4.69) is 5.32 Å². The number of benzene rings is 1. The Kier molecular flexibility index (Phi) is 6.67. The molecule has 0 aliphatic heterocycles. The van der Waals surface area contributed by atoms with E-state index < -0.39 is 6.09 Å². The van der Waals surface area contributed by atoms with Crippen LogP contribution in [0.1, 0.15) is 22.4 Å². The molecule has 0 saturated heterocycles. The number of ether oxygens (including phenoxy) is 1. The number of nitrogens with one attached hydrogen (secondary N) is 1. The third-order valence-corrected chi connectivity index (χ3v) is 3.87. The molecular formula is C17H19NO3S. The highest BCUT2D eigenvalue weighted by molar-refractivity contribution is 7.10. The van der Waals surface area contributed by atoms with E-state index in [9.17, 15) is 4.79 Å². The van der Waals surface area contributed by atoms with Crippen LogP contribution in [0.5, 0.6) is 0 Å². The third-order valence-electron chi connectivity index (χ3n) is 2.93. The van der Waals surface area contributed by atoms with Crippen molar-refractivity contribution in [1.82, 2.24) is 5.32 Å². The summed E-state index contributed by atoms with van der Waals surface area (Å²) in [6.45, 7) is 0.885. The zero-order chi connectivity index (χ0) is 15.6. The number of carbonyl (C=O) groups is 1. The second kappa shape index (κ2) is 9.02. The molecule has 0 spiro atoms. The Bertz CT molecular complexity index is 607. The number of carbonyl (C=O) groups excluding carboxylic acids is 1. The molecule has 22 heavy (non-hydrogen) atoms. The second-order valence-electron chi connectivity index (χ2n) is 4.68. The van der Waals surface area contributed by atoms with Crippen LogP contribution in [0.2, 0.25) is 0 Å². The minimum Gasteiger partial charge on any atom is -0.445 e. The molecule has 2 aromatic rings. The SMILES string of the molecule is O=C(NCCC=Cc1csc(CO)c1)OCc1ccccc1. The number of alkyl carbamates (subject to hydrolysis) is 1. The van der Waals surface area contributed by atoms with E-state index in [-0.39, 0.29) is 13.2 Å². The summed E-state index contributed by atoms with van der Waals surface area (Å²) < 4.78 is 5.11. The van der Waals surface area contributed by atoms with Gasteiger partial charge in [-0.1, -0.05) is 42.5 Å². The quantitative estimate of drug-likeness (QED) is 0.768. The maximum Gasteiger partial charge on any atom is 0.407 e. The molecule has 1 amide bonds. The molecular weight excluding hydrogens is 298 g/mol. The lowest BCUT2D eigenvalue weighted by Crippen LogP contribution is -2.24. The predicted molar refractivity (Wildman–Crippen MR) is 88.5 cm³/mol. The number of thiophene rings is 1. The summed E-state index contributed by atoms with van der Waals surface area (Å²) in [7, 11) is 0. The molecule has 2 N–H and O–H groups in total. The molecule has 0 aliphatic rings. The first-order valence-electron chi connectivity index (χ1n) is 7.07. The zero-order valence-electron chi connectivity index (χ0n) is 12.2. The van der Waals surface area contributed by atoms with Crippen LogP contribution in [0, 0.1) is 0 Å². The average molecular weight is 317 g/mol. The van der Waals surface area contributed by atoms with Crippen molar-refractivity contribution >= 4 is 23.5 Å². The first-order valence-corrected chi connectivity index (χ1v) is 7.95. The van der Waals surface area contributed by atoms with Gasteiger partial charge in [0.15, 0.2) is 0 Å². The molecule has 0 aliphatic carbocycles. The number of hydrogen-bond acceptors (Lipinski definition) is 4. The van der Waals surface area contributed by atoms with Crippen molar-refractivity contribution in [3.63, 3.8) is 0 Å². The fraction of sp³-hybridized carbons (Fsp3) is 0.235. The Hall–Kier alpha value is -2.11. The van der Waals surface area contributed by atoms with Crippen molar-refractivity contribution in [2.75, 3.05) is 6.54 Å². The van der Waals surface area contributed by atoms with Gasteiger partial charge < -0.3 is 15.2 Å². The van der Waals surface area contributed by atoms with Crippen molar-refractivity contribution in [1.29, 1.82) is 0 Å². The van der Waals surface area contributed by atoms with Gasteiger partial charge in [-0.05, 0) is 29.0 Å². The van der Waals surface area contributed by atoms with Crippen molar-refractivity contribution in [3.05, 3.63) is 63.9 Å². The topological polar surface area (TPSA) is 58.6 Å². The van der Waals surface area contributed by atoms with Crippen LogP contribution in [0.4, 0.5) is 4.79 Å². The Morgan fingerprint density at radius 2 is 2.14 bits per heavy atom. The van der Waals surface area contributed by atoms with E-state index in [0.29, 0.717) is 6.54 Å². The molecule has 0 unspecified atom stereocenters. The van der Waals surface area contributed by atoms with E-state index in [0.717, 1.165) is 22.4 Å². The van der Waals surface area contributed by atoms with Gasteiger partial charge in [-0.2, -0.15) is 0 Å². The van der Waals surface area contributed by atoms with Gasteiger partial charge in [-0.15, -0.1) is 11.3 Å². The van der Waals surface area contributed by atoms with Crippen LogP contribution in [0.25, 0.3) is 6.08 Å². The van der Waals surface area contributed by atoms with Gasteiger partial charge in [0.05, 0.1) is 6.61 Å². The first-order chi connectivity index (χ1) is 10.8. The Morgan fingerprint density at radius 1 is 1.32 bits per heavy atom. The first kappa shape index (κ1) is 16.3. The number of hydrogen-bond donors (Lipinski definition) is 2. The lowest BCUT2D eigenvalue weighted by Gasteiger charge is -2.05. The summed E-state index contributed by atoms with van der Waals surface area (Å²) in [6.07, 6.45) is 4.29. The predicted octanol–water partition coefficient (Wildman–Crippen LogP) is 3.57. The van der Waals surface area contributed by atoms with E-state index in [4.69, 9.17) is 9.84 Å². The van der Waals surface area contributed by atoms with Gasteiger partial charge in [0, 0.05) is 11.4 Å². The maximum atomic E-state index is 11.5. The van der Waals surface area contributed by atoms with Gasteiger partial charge in [-0.25, -0.2) is 4.79 Å². The molecule has 4 nitrogen and oxygen atoms in total. The van der Waals surface area contributed by atoms with E-state index in [1.165, 1.54) is 11.3 Å². The molecule has 2 rings (SSSR count). The van der Waals surface area contributed by atoms with E-state index >= 15 is 0 Å². The minimum atomic E-state index is -0.407. The van der Waals surface area contributed by atoms with Crippen LogP contribution < -0.4 is 5.32 Å². The van der Waals surface area contributed by atoms with Crippen molar-refractivity contribution < 1.29 is 14.6 Å². The standard InChI is InChI=1S/C17H19NO3S/c19-11-16-10-15(13-22-16)8-4-5-9-18-17(20)21-12-14-6-2-1-3-7-14/h1-4,6-8,10,13,19H,5,9,11-12H2,(H,18,20). The monoisotopic (exact) mass is 317 g/mol. The average Bonchev–Trinajstić information content (AvgIpc) is 3.01. The molecule has 0 radical (unpaired) electrons. The molecule has 0 fully saturated rings. The smallest absolute Gasteiger partial charge is 0.407 e. The largest absolute Gasteiger partial charge is 0.445 e. The van der Waals surface area contributed by atoms with E-state index in [1.807, 2.05) is 53.9 Å². The van der Waals surface area contributed by atoms with Crippen LogP contribution in [0.15, 0.2) is 47.9 Å². The summed E-state index contributed by atoms with van der Waals surface area (Å²) in [5.41, 5.74) is 2.04. The molecule has 1 aromatic carbocycles.